The molecule has 2 aliphatic carbocycles. The van der Waals surface area contributed by atoms with E-state index in [4.69, 9.17) is 0 Å². The van der Waals surface area contributed by atoms with Crippen LogP contribution in [0.5, 0.6) is 0 Å². The van der Waals surface area contributed by atoms with Gasteiger partial charge >= 0.3 is 0 Å². The summed E-state index contributed by atoms with van der Waals surface area (Å²) in [6, 6.07) is 44.6. The van der Waals surface area contributed by atoms with Gasteiger partial charge < -0.3 is 14.7 Å². The van der Waals surface area contributed by atoms with Gasteiger partial charge in [0.1, 0.15) is 0 Å². The van der Waals surface area contributed by atoms with Crippen molar-refractivity contribution in [1.29, 1.82) is 0 Å². The fourth-order valence-electron chi connectivity index (χ4n) is 14.5. The largest absolute Gasteiger partial charge is 0.335 e. The Bertz CT molecular complexity index is 3400. The third kappa shape index (κ3) is 7.52. The molecule has 388 valence electrons. The van der Waals surface area contributed by atoms with Crippen LogP contribution in [0.4, 0.5) is 44.8 Å². The van der Waals surface area contributed by atoms with E-state index >= 15 is 0 Å². The number of hydrogen-bond donors (Lipinski definition) is 0. The Morgan fingerprint density at radius 3 is 1.51 bits per heavy atom. The van der Waals surface area contributed by atoms with E-state index in [1.165, 1.54) is 137 Å². The van der Waals surface area contributed by atoms with Crippen LogP contribution in [-0.2, 0) is 37.9 Å². The smallest absolute Gasteiger partial charge is 0.254 e. The molecule has 3 nitrogen and oxygen atoms in total. The maximum absolute atomic E-state index is 2.94. The number of anilines is 8. The van der Waals surface area contributed by atoms with Crippen molar-refractivity contribution in [3.05, 3.63) is 148 Å². The van der Waals surface area contributed by atoms with Gasteiger partial charge in [0.25, 0.3) is 6.71 Å². The zero-order valence-corrected chi connectivity index (χ0v) is 49.8. The molecule has 12 rings (SSSR count). The van der Waals surface area contributed by atoms with E-state index in [-0.39, 0.29) is 50.2 Å². The van der Waals surface area contributed by atoms with E-state index < -0.39 is 0 Å². The average Bonchev–Trinajstić information content (AvgIpc) is 3.97. The topological polar surface area (TPSA) is 9.72 Å². The third-order valence-corrected chi connectivity index (χ3v) is 20.9. The highest BCUT2D eigenvalue weighted by Gasteiger charge is 2.62. The highest BCUT2D eigenvalue weighted by Crippen LogP contribution is 2.63. The zero-order valence-electron chi connectivity index (χ0n) is 49.0. The molecule has 5 heteroatoms. The Labute approximate surface area is 456 Å². The molecular formula is C70H84BN3S. The van der Waals surface area contributed by atoms with Crippen molar-refractivity contribution in [3.8, 4) is 0 Å². The molecule has 2 unspecified atom stereocenters. The molecule has 1 fully saturated rings. The Hall–Kier alpha value is -5.26. The molecule has 2 atom stereocenters. The van der Waals surface area contributed by atoms with E-state index in [2.05, 4.69) is 249 Å². The van der Waals surface area contributed by atoms with Crippen molar-refractivity contribution >= 4 is 89.3 Å². The predicted octanol–water partition coefficient (Wildman–Crippen LogP) is 18.3. The van der Waals surface area contributed by atoms with Gasteiger partial charge in [-0.1, -0.05) is 179 Å². The molecule has 5 aliphatic rings. The van der Waals surface area contributed by atoms with Crippen molar-refractivity contribution in [2.75, 3.05) is 14.7 Å². The van der Waals surface area contributed by atoms with E-state index in [1.807, 2.05) is 11.3 Å². The van der Waals surface area contributed by atoms with Crippen LogP contribution in [0.2, 0.25) is 0 Å². The number of rotatable bonds is 4. The summed E-state index contributed by atoms with van der Waals surface area (Å²) in [6.07, 6.45) is 7.22. The molecule has 75 heavy (non-hydrogen) atoms. The summed E-state index contributed by atoms with van der Waals surface area (Å²) in [4.78, 5) is 8.24. The number of hydrogen-bond acceptors (Lipinski definition) is 4. The molecule has 7 aromatic rings. The molecular weight excluding hydrogens is 926 g/mol. The van der Waals surface area contributed by atoms with Gasteiger partial charge in [-0.25, -0.2) is 0 Å². The van der Waals surface area contributed by atoms with E-state index in [1.54, 1.807) is 5.56 Å². The summed E-state index contributed by atoms with van der Waals surface area (Å²) < 4.78 is 1.41. The van der Waals surface area contributed by atoms with Gasteiger partial charge in [-0.15, -0.1) is 11.3 Å². The molecule has 1 saturated carbocycles. The molecule has 0 spiro atoms. The fraction of sp³-hybridized carbons (Fsp3) is 0.457. The SMILES string of the molecule is CC(C)(C)c1ccc(N(c2ccc(C(C)(C)C)cc2)c2cc3c4c(c2)N2c5c(cc(C(C)(C)C)cc5C5(C)CCCCC25C)B4c2c(sc4cc5c(cc24)C(C)(C)CCC5(C)C)N3c2ccc(C(C)(C)C)cc2)cc1. The maximum Gasteiger partial charge on any atom is 0.254 e. The molecule has 4 heterocycles. The van der Waals surface area contributed by atoms with Crippen LogP contribution < -0.4 is 31.1 Å². The van der Waals surface area contributed by atoms with Crippen LogP contribution in [0.25, 0.3) is 10.1 Å². The first-order valence-corrected chi connectivity index (χ1v) is 29.4. The summed E-state index contributed by atoms with van der Waals surface area (Å²) in [5.41, 5.74) is 23.6. The minimum atomic E-state index is -0.130. The van der Waals surface area contributed by atoms with Gasteiger partial charge in [-0.2, -0.15) is 0 Å². The summed E-state index contributed by atoms with van der Waals surface area (Å²) >= 11 is 2.04. The van der Waals surface area contributed by atoms with Crippen LogP contribution in [0.15, 0.2) is 109 Å². The van der Waals surface area contributed by atoms with Gasteiger partial charge in [0.2, 0.25) is 0 Å². The Morgan fingerprint density at radius 2 is 0.973 bits per heavy atom. The highest BCUT2D eigenvalue weighted by molar-refractivity contribution is 7.26. The predicted molar refractivity (Wildman–Crippen MR) is 329 cm³/mol. The molecule has 0 radical (unpaired) electrons. The lowest BCUT2D eigenvalue weighted by Gasteiger charge is -2.52. The first kappa shape index (κ1) is 50.6. The third-order valence-electron chi connectivity index (χ3n) is 19.7. The van der Waals surface area contributed by atoms with Gasteiger partial charge in [0, 0.05) is 44.2 Å². The van der Waals surface area contributed by atoms with Crippen molar-refractivity contribution < 1.29 is 0 Å². The van der Waals surface area contributed by atoms with Crippen LogP contribution in [0.1, 0.15) is 202 Å². The summed E-state index contributed by atoms with van der Waals surface area (Å²) in [7, 11) is 0. The average molecular weight is 1010 g/mol. The minimum Gasteiger partial charge on any atom is -0.335 e. The number of thiophene rings is 1. The lowest BCUT2D eigenvalue weighted by molar-refractivity contribution is 0.195. The van der Waals surface area contributed by atoms with Gasteiger partial charge in [0.15, 0.2) is 0 Å². The molecule has 3 aliphatic heterocycles. The second kappa shape index (κ2) is 16.2. The first-order valence-electron chi connectivity index (χ1n) is 28.6. The molecule has 0 saturated heterocycles. The molecule has 1 aromatic heterocycles. The lowest BCUT2D eigenvalue weighted by Crippen LogP contribution is -2.64. The summed E-state index contributed by atoms with van der Waals surface area (Å²) in [6.45, 7) is 43.6. The number of fused-ring (bicyclic) bond motifs is 10. The monoisotopic (exact) mass is 1010 g/mol. The van der Waals surface area contributed by atoms with Gasteiger partial charge in [0.05, 0.1) is 16.2 Å². The second-order valence-electron chi connectivity index (χ2n) is 29.7. The normalized spacial score (nSPS) is 21.4. The first-order chi connectivity index (χ1) is 34.9. The van der Waals surface area contributed by atoms with Crippen LogP contribution >= 0.6 is 11.3 Å². The molecule has 0 bridgehead atoms. The summed E-state index contributed by atoms with van der Waals surface area (Å²) in [5, 5.41) is 2.80. The Morgan fingerprint density at radius 1 is 0.480 bits per heavy atom. The number of benzene rings is 6. The van der Waals surface area contributed by atoms with E-state index in [0.29, 0.717) is 0 Å². The second-order valence-corrected chi connectivity index (χ2v) is 30.8. The van der Waals surface area contributed by atoms with Crippen molar-refractivity contribution in [1.82, 2.24) is 0 Å². The highest BCUT2D eigenvalue weighted by atomic mass is 32.1. The fourth-order valence-corrected chi connectivity index (χ4v) is 15.8. The maximum atomic E-state index is 2.94. The van der Waals surface area contributed by atoms with Crippen molar-refractivity contribution in [2.24, 2.45) is 0 Å². The standard InChI is InChI=1S/C70H84BN3S/c1-63(2,3)43-21-27-47(28-22-43)72(48-29-23-44(24-30-48)64(4,5)6)50-39-56-60-57(40-50)74-61-54(69(17)33-19-20-34-70(69,74)18)37-46(66(10,11)12)38-55(61)71(60)59-51-41-52-53(68(15,16)36-35-67(52,13)14)42-58(51)75-62(59)73(56)49-31-25-45(26-32-49)65(7,8)9/h21-32,37-42H,19-20,33-36H2,1-18H3. The summed E-state index contributed by atoms with van der Waals surface area (Å²) in [5.74, 6) is 0. The van der Waals surface area contributed by atoms with Crippen molar-refractivity contribution in [2.45, 2.75) is 207 Å². The molecule has 6 aromatic carbocycles. The van der Waals surface area contributed by atoms with Crippen molar-refractivity contribution in [3.63, 3.8) is 0 Å². The Balaban J connectivity index is 1.24. The van der Waals surface area contributed by atoms with Crippen LogP contribution in [0, 0.1) is 0 Å². The minimum absolute atomic E-state index is 0.0252. The Kier molecular flexibility index (Phi) is 10.9. The number of nitrogens with zero attached hydrogens (tertiary/aromatic N) is 3. The molecule has 0 N–H and O–H groups in total. The van der Waals surface area contributed by atoms with Gasteiger partial charge in [-0.05, 0) is 186 Å². The van der Waals surface area contributed by atoms with Crippen LogP contribution in [-0.4, -0.2) is 12.3 Å². The molecule has 0 amide bonds. The van der Waals surface area contributed by atoms with Gasteiger partial charge in [-0.3, -0.25) is 0 Å². The van der Waals surface area contributed by atoms with E-state index in [9.17, 15) is 0 Å². The van der Waals surface area contributed by atoms with E-state index in [0.717, 1.165) is 6.42 Å². The quantitative estimate of drug-likeness (QED) is 0.163. The van der Waals surface area contributed by atoms with Crippen LogP contribution in [0.3, 0.4) is 0 Å². The zero-order chi connectivity index (χ0) is 53.5. The lowest BCUT2D eigenvalue weighted by atomic mass is 9.33.